The van der Waals surface area contributed by atoms with Crippen molar-refractivity contribution in [1.82, 2.24) is 45.9 Å². The number of hydrogen-bond acceptors (Lipinski definition) is 27. The van der Waals surface area contributed by atoms with Crippen LogP contribution in [-0.2, 0) is 102 Å². The quantitative estimate of drug-likeness (QED) is 0.00656. The Labute approximate surface area is 512 Å². The summed E-state index contributed by atoms with van der Waals surface area (Å²) in [5.41, 5.74) is 1.15. The van der Waals surface area contributed by atoms with Crippen LogP contribution < -0.4 is 20.7 Å². The van der Waals surface area contributed by atoms with Crippen molar-refractivity contribution in [3.63, 3.8) is 0 Å². The SMILES string of the molecule is CC(=O)N[C@H]1[C@H](OCCc2cn(CCOCCOCCOCC(COCCOCCOCCn3cc(CCO[C@@H]4O[C@H](CO)[C@H](O)[C@H](O)[C@H]4NC(C)=O)nn3)NC(=O)CCOCCOCCC(=O)Oc3c(F)c(F)c(F)c(F)c3F)nn2)O[C@H](CO)[C@H](O)[C@@H]1O. The van der Waals surface area contributed by atoms with Crippen LogP contribution in [0.3, 0.4) is 0 Å². The summed E-state index contributed by atoms with van der Waals surface area (Å²) in [4.78, 5) is 48.2. The largest absolute Gasteiger partial charge is 0.420 e. The van der Waals surface area contributed by atoms with Gasteiger partial charge in [0.2, 0.25) is 52.6 Å². The first kappa shape index (κ1) is 75.0. The van der Waals surface area contributed by atoms with Crippen LogP contribution in [0.5, 0.6) is 5.75 Å². The van der Waals surface area contributed by atoms with E-state index in [9.17, 15) is 71.8 Å². The molecular formula is C53H80F5N9O23. The van der Waals surface area contributed by atoms with Crippen molar-refractivity contribution < 1.29 is 133 Å². The predicted molar refractivity (Wildman–Crippen MR) is 290 cm³/mol. The first-order chi connectivity index (χ1) is 43.3. The fourth-order valence-electron chi connectivity index (χ4n) is 8.47. The Morgan fingerprint density at radius 2 is 0.900 bits per heavy atom. The van der Waals surface area contributed by atoms with Crippen molar-refractivity contribution in [2.24, 2.45) is 0 Å². The van der Waals surface area contributed by atoms with Gasteiger partial charge < -0.3 is 108 Å². The Bertz CT molecular complexity index is 2460. The van der Waals surface area contributed by atoms with Gasteiger partial charge in [0, 0.05) is 45.5 Å². The van der Waals surface area contributed by atoms with Gasteiger partial charge in [-0.15, -0.1) is 10.2 Å². The minimum absolute atomic E-state index is 0.0383. The highest BCUT2D eigenvalue weighted by atomic mass is 19.2. The van der Waals surface area contributed by atoms with Crippen LogP contribution in [0.1, 0.15) is 38.1 Å². The molecule has 32 nitrogen and oxygen atoms in total. The van der Waals surface area contributed by atoms with E-state index in [0.717, 1.165) is 0 Å². The zero-order valence-electron chi connectivity index (χ0n) is 49.6. The number of carbonyl (C=O) groups excluding carboxylic acids is 4. The average Bonchev–Trinajstić information content (AvgIpc) is 1.58. The van der Waals surface area contributed by atoms with Crippen LogP contribution >= 0.6 is 0 Å². The predicted octanol–water partition coefficient (Wildman–Crippen LogP) is -3.73. The number of halogens is 5. The van der Waals surface area contributed by atoms with Gasteiger partial charge >= 0.3 is 5.97 Å². The van der Waals surface area contributed by atoms with Gasteiger partial charge in [-0.3, -0.25) is 19.2 Å². The molecule has 2 fully saturated rings. The smallest absolute Gasteiger partial charge is 0.313 e. The first-order valence-electron chi connectivity index (χ1n) is 28.7. The lowest BCUT2D eigenvalue weighted by atomic mass is 9.97. The molecule has 3 amide bonds. The maximum Gasteiger partial charge on any atom is 0.313 e. The fourth-order valence-corrected chi connectivity index (χ4v) is 8.47. The number of esters is 1. The molecule has 3 aromatic rings. The zero-order valence-corrected chi connectivity index (χ0v) is 49.6. The average molecular weight is 1310 g/mol. The molecule has 2 saturated heterocycles. The Morgan fingerprint density at radius 3 is 1.31 bits per heavy atom. The van der Waals surface area contributed by atoms with Gasteiger partial charge in [0.15, 0.2) is 12.6 Å². The molecule has 510 valence electrons. The number of benzene rings is 1. The van der Waals surface area contributed by atoms with E-state index in [0.29, 0.717) is 37.3 Å². The summed E-state index contributed by atoms with van der Waals surface area (Å²) in [6.07, 6.45) is -6.97. The van der Waals surface area contributed by atoms with E-state index in [4.69, 9.17) is 56.8 Å². The number of aliphatic hydroxyl groups excluding tert-OH is 6. The van der Waals surface area contributed by atoms with Crippen LogP contribution in [0, 0.1) is 29.1 Å². The number of aliphatic hydroxyl groups is 6. The molecule has 0 unspecified atom stereocenters. The highest BCUT2D eigenvalue weighted by Crippen LogP contribution is 2.30. The molecule has 0 spiro atoms. The van der Waals surface area contributed by atoms with Crippen molar-refractivity contribution in [2.45, 2.75) is 120 Å². The van der Waals surface area contributed by atoms with E-state index in [-0.39, 0.29) is 125 Å². The second kappa shape index (κ2) is 41.0. The molecule has 0 bridgehead atoms. The lowest BCUT2D eigenvalue weighted by molar-refractivity contribution is -0.269. The van der Waals surface area contributed by atoms with E-state index < -0.39 is 145 Å². The Kier molecular flexibility index (Phi) is 34.2. The number of ether oxygens (including phenoxy) is 13. The van der Waals surface area contributed by atoms with Gasteiger partial charge in [0.25, 0.3) is 0 Å². The Balaban J connectivity index is 0.933. The lowest BCUT2D eigenvalue weighted by Gasteiger charge is -2.42. The summed E-state index contributed by atoms with van der Waals surface area (Å²) in [6, 6.07) is -2.75. The van der Waals surface area contributed by atoms with Crippen LogP contribution in [0.25, 0.3) is 0 Å². The molecule has 10 atom stereocenters. The molecule has 0 saturated carbocycles. The molecule has 37 heteroatoms. The number of amides is 3. The van der Waals surface area contributed by atoms with Gasteiger partial charge in [-0.05, 0) is 0 Å². The molecule has 2 aliphatic heterocycles. The third-order valence-electron chi connectivity index (χ3n) is 13.1. The number of rotatable bonds is 45. The molecule has 4 heterocycles. The molecule has 2 aliphatic rings. The molecular weight excluding hydrogens is 1230 g/mol. The minimum atomic E-state index is -2.40. The third kappa shape index (κ3) is 25.8. The Morgan fingerprint density at radius 1 is 0.522 bits per heavy atom. The highest BCUT2D eigenvalue weighted by molar-refractivity contribution is 5.76. The molecule has 0 aliphatic carbocycles. The molecule has 0 radical (unpaired) electrons. The molecule has 2 aromatic heterocycles. The van der Waals surface area contributed by atoms with Crippen LogP contribution in [0.2, 0.25) is 0 Å². The summed E-state index contributed by atoms with van der Waals surface area (Å²) in [5.74, 6) is -16.0. The van der Waals surface area contributed by atoms with Crippen molar-refractivity contribution in [1.29, 1.82) is 0 Å². The minimum Gasteiger partial charge on any atom is -0.420 e. The van der Waals surface area contributed by atoms with E-state index in [1.54, 1.807) is 21.8 Å². The number of nitrogens with zero attached hydrogens (tertiary/aromatic N) is 6. The second-order valence-corrected chi connectivity index (χ2v) is 20.0. The summed E-state index contributed by atoms with van der Waals surface area (Å²) in [5, 5.41) is 84.5. The number of carbonyl (C=O) groups is 4. The number of nitrogens with one attached hydrogen (secondary N) is 3. The van der Waals surface area contributed by atoms with Gasteiger partial charge in [0.1, 0.15) is 48.7 Å². The highest BCUT2D eigenvalue weighted by Gasteiger charge is 2.46. The van der Waals surface area contributed by atoms with Crippen molar-refractivity contribution >= 4 is 23.7 Å². The topological polar surface area (TPSA) is 407 Å². The van der Waals surface area contributed by atoms with E-state index >= 15 is 0 Å². The van der Waals surface area contributed by atoms with Gasteiger partial charge in [-0.1, -0.05) is 10.4 Å². The van der Waals surface area contributed by atoms with Crippen molar-refractivity contribution in [3.05, 3.63) is 52.9 Å². The van der Waals surface area contributed by atoms with Crippen LogP contribution in [0.4, 0.5) is 22.0 Å². The zero-order chi connectivity index (χ0) is 65.4. The van der Waals surface area contributed by atoms with Crippen LogP contribution in [0.15, 0.2) is 12.4 Å². The summed E-state index contributed by atoms with van der Waals surface area (Å²) < 4.78 is 142. The van der Waals surface area contributed by atoms with Crippen molar-refractivity contribution in [3.8, 4) is 5.75 Å². The summed E-state index contributed by atoms with van der Waals surface area (Å²) >= 11 is 0. The lowest BCUT2D eigenvalue weighted by Crippen LogP contribution is -2.64. The molecule has 1 aromatic carbocycles. The number of aromatic nitrogens is 6. The monoisotopic (exact) mass is 1310 g/mol. The fraction of sp³-hybridized carbons (Fsp3) is 0.736. The second-order valence-electron chi connectivity index (χ2n) is 20.0. The molecule has 5 rings (SSSR count). The number of hydrogen-bond donors (Lipinski definition) is 9. The van der Waals surface area contributed by atoms with Gasteiger partial charge in [-0.2, -0.15) is 8.78 Å². The van der Waals surface area contributed by atoms with Gasteiger partial charge in [-0.25, -0.2) is 22.5 Å². The van der Waals surface area contributed by atoms with Crippen molar-refractivity contribution in [2.75, 3.05) is 132 Å². The normalized spacial score (nSPS) is 21.8. The Hall–Kier alpha value is -5.69. The maximum atomic E-state index is 13.8. The van der Waals surface area contributed by atoms with E-state index in [1.807, 2.05) is 0 Å². The standard InChI is InChI=1S/C53H80F5N9O23/c1-31(70)59-45-49(76)47(74)36(27-68)88-52(45)86-11-3-33-25-66(64-62-33)7-13-80-17-19-82-21-23-84-29-35(61-38(72)5-9-78-15-16-79-10-6-39(73)90-51-43(57)41(55)40(54)42(56)44(51)58)30-85-24-22-83-20-18-81-14-8-67-26-34(63-65-67)4-12-87-53-46(60-32(2)71)50(77)48(75)37(28-69)89-53/h25-26,35-37,45-50,52-53,68-69,74-77H,3-24,27-30H2,1-2H3,(H,59,70)(H,60,71)(H,61,72)/t36-,37-,45-,46-,47+,48+,49-,50-,52-,53-/m1/s1. The third-order valence-corrected chi connectivity index (χ3v) is 13.1. The van der Waals surface area contributed by atoms with Gasteiger partial charge in [0.05, 0.1) is 169 Å². The first-order valence-corrected chi connectivity index (χ1v) is 28.7. The van der Waals surface area contributed by atoms with E-state index in [2.05, 4.69) is 41.3 Å². The summed E-state index contributed by atoms with van der Waals surface area (Å²) in [6.45, 7) is 3.98. The molecule has 9 N–H and O–H groups in total. The maximum absolute atomic E-state index is 13.8. The van der Waals surface area contributed by atoms with E-state index in [1.165, 1.54) is 13.8 Å². The summed E-state index contributed by atoms with van der Waals surface area (Å²) in [7, 11) is 0. The molecule has 90 heavy (non-hydrogen) atoms. The van der Waals surface area contributed by atoms with Crippen LogP contribution in [-0.4, -0.2) is 284 Å².